The van der Waals surface area contributed by atoms with E-state index >= 15 is 0 Å². The Morgan fingerprint density at radius 2 is 2.00 bits per heavy atom. The fourth-order valence-corrected chi connectivity index (χ4v) is 4.21. The van der Waals surface area contributed by atoms with Gasteiger partial charge in [0.1, 0.15) is 5.78 Å². The van der Waals surface area contributed by atoms with E-state index in [4.69, 9.17) is 38.6 Å². The normalized spacial score (nSPS) is 21.3. The molecule has 0 aromatic heterocycles. The molecule has 4 N–H and O–H groups in total. The number of aliphatic carboxylic acids is 1. The highest BCUT2D eigenvalue weighted by Crippen LogP contribution is 2.48. The molecule has 0 spiro atoms. The molecule has 1 aliphatic rings. The zero-order valence-electron chi connectivity index (χ0n) is 12.9. The minimum Gasteiger partial charge on any atom is -0.481 e. The van der Waals surface area contributed by atoms with Crippen molar-refractivity contribution in [2.45, 2.75) is 19.3 Å². The summed E-state index contributed by atoms with van der Waals surface area (Å²) in [6.07, 6.45) is 0.825. The van der Waals surface area contributed by atoms with Gasteiger partial charge in [-0.1, -0.05) is 0 Å². The Morgan fingerprint density at radius 1 is 1.30 bits per heavy atom. The number of Topliss-reactive ketones (excluding diaryl/α,β-unsaturated/α-hetero) is 1. The summed E-state index contributed by atoms with van der Waals surface area (Å²) in [7, 11) is -2.84. The summed E-state index contributed by atoms with van der Waals surface area (Å²) in [5.74, 6) is -0.299. The van der Waals surface area contributed by atoms with Crippen LogP contribution in [0.15, 0.2) is 0 Å². The SMILES string of the molecule is NCC(=O)CCC(=O)O.O=P1(NCCCl)OCCCN1CCCl. The number of hydrogen-bond donors (Lipinski definition) is 3. The molecule has 0 aromatic rings. The van der Waals surface area contributed by atoms with Crippen LogP contribution in [0.3, 0.4) is 0 Å². The van der Waals surface area contributed by atoms with Crippen LogP contribution in [0.25, 0.3) is 0 Å². The van der Waals surface area contributed by atoms with Crippen LogP contribution in [0.2, 0.25) is 0 Å². The number of hydrogen-bond acceptors (Lipinski definition) is 5. The molecule has 0 radical (unpaired) electrons. The first-order valence-electron chi connectivity index (χ1n) is 7.20. The lowest BCUT2D eigenvalue weighted by Crippen LogP contribution is -2.36. The summed E-state index contributed by atoms with van der Waals surface area (Å²) in [6.45, 7) is 2.30. The van der Waals surface area contributed by atoms with Crippen LogP contribution in [-0.4, -0.2) is 66.1 Å². The number of carboxylic acid groups (broad SMARTS) is 1. The summed E-state index contributed by atoms with van der Waals surface area (Å²) < 4.78 is 19.2. The van der Waals surface area contributed by atoms with Gasteiger partial charge in [-0.15, -0.1) is 23.2 Å². The van der Waals surface area contributed by atoms with E-state index < -0.39 is 13.6 Å². The number of halogens is 2. The lowest BCUT2D eigenvalue weighted by Gasteiger charge is -2.34. The van der Waals surface area contributed by atoms with E-state index in [-0.39, 0.29) is 25.2 Å². The molecular formula is C12H24Cl2N3O5P. The second-order valence-electron chi connectivity index (χ2n) is 4.58. The van der Waals surface area contributed by atoms with Crippen LogP contribution < -0.4 is 10.8 Å². The van der Waals surface area contributed by atoms with E-state index in [0.717, 1.165) is 13.0 Å². The lowest BCUT2D eigenvalue weighted by molar-refractivity contribution is -0.138. The predicted octanol–water partition coefficient (Wildman–Crippen LogP) is 1.26. The Kier molecular flexibility index (Phi) is 13.0. The number of nitrogens with two attached hydrogens (primary N) is 1. The summed E-state index contributed by atoms with van der Waals surface area (Å²) >= 11 is 11.1. The van der Waals surface area contributed by atoms with E-state index in [2.05, 4.69) is 5.09 Å². The van der Waals surface area contributed by atoms with E-state index in [9.17, 15) is 14.2 Å². The van der Waals surface area contributed by atoms with Gasteiger partial charge in [-0.25, -0.2) is 9.76 Å². The number of alkyl halides is 2. The average Bonchev–Trinajstić information content (AvgIpc) is 2.54. The topological polar surface area (TPSA) is 122 Å². The van der Waals surface area contributed by atoms with Crippen LogP contribution in [0.5, 0.6) is 0 Å². The van der Waals surface area contributed by atoms with Crippen molar-refractivity contribution in [2.24, 2.45) is 5.73 Å². The molecule has 1 rings (SSSR count). The molecule has 0 aliphatic carbocycles. The quantitative estimate of drug-likeness (QED) is 0.396. The van der Waals surface area contributed by atoms with E-state index in [0.29, 0.717) is 31.5 Å². The third-order valence-corrected chi connectivity index (χ3v) is 5.45. The second-order valence-corrected chi connectivity index (χ2v) is 7.52. The number of ketones is 1. The minimum atomic E-state index is -2.84. The van der Waals surface area contributed by atoms with Gasteiger partial charge in [-0.2, -0.15) is 0 Å². The number of nitrogens with zero attached hydrogens (tertiary/aromatic N) is 1. The monoisotopic (exact) mass is 391 g/mol. The molecule has 1 fully saturated rings. The number of carbonyl (C=O) groups excluding carboxylic acids is 1. The largest absolute Gasteiger partial charge is 0.481 e. The van der Waals surface area contributed by atoms with Gasteiger partial charge >= 0.3 is 13.6 Å². The van der Waals surface area contributed by atoms with E-state index in [1.807, 2.05) is 0 Å². The number of nitrogens with one attached hydrogen (secondary N) is 1. The predicted molar refractivity (Wildman–Crippen MR) is 90.1 cm³/mol. The molecule has 1 saturated heterocycles. The third-order valence-electron chi connectivity index (χ3n) is 2.79. The van der Waals surface area contributed by atoms with Crippen LogP contribution in [0, 0.1) is 0 Å². The highest BCUT2D eigenvalue weighted by molar-refractivity contribution is 7.54. The molecule has 136 valence electrons. The summed E-state index contributed by atoms with van der Waals surface area (Å²) in [4.78, 5) is 20.2. The highest BCUT2D eigenvalue weighted by Gasteiger charge is 2.33. The summed E-state index contributed by atoms with van der Waals surface area (Å²) in [5.41, 5.74) is 4.92. The zero-order chi connectivity index (χ0) is 17.7. The summed E-state index contributed by atoms with van der Waals surface area (Å²) in [6, 6.07) is 0. The summed E-state index contributed by atoms with van der Waals surface area (Å²) in [5, 5.41) is 10.9. The van der Waals surface area contributed by atoms with Gasteiger partial charge in [0.05, 0.1) is 19.6 Å². The second kappa shape index (κ2) is 13.1. The Bertz CT molecular complexity index is 412. The Morgan fingerprint density at radius 3 is 2.52 bits per heavy atom. The van der Waals surface area contributed by atoms with Crippen molar-refractivity contribution in [1.82, 2.24) is 9.76 Å². The van der Waals surface area contributed by atoms with Crippen molar-refractivity contribution in [3.05, 3.63) is 0 Å². The van der Waals surface area contributed by atoms with Gasteiger partial charge in [0.2, 0.25) is 0 Å². The maximum absolute atomic E-state index is 12.2. The molecule has 0 amide bonds. The van der Waals surface area contributed by atoms with Crippen molar-refractivity contribution >= 4 is 42.6 Å². The van der Waals surface area contributed by atoms with E-state index in [1.54, 1.807) is 4.67 Å². The molecule has 8 nitrogen and oxygen atoms in total. The minimum absolute atomic E-state index is 0.0475. The zero-order valence-corrected chi connectivity index (χ0v) is 15.3. The van der Waals surface area contributed by atoms with Crippen molar-refractivity contribution < 1.29 is 23.8 Å². The number of rotatable bonds is 9. The van der Waals surface area contributed by atoms with Gasteiger partial charge in [-0.3, -0.25) is 14.2 Å². The fourth-order valence-electron chi connectivity index (χ4n) is 1.67. The van der Waals surface area contributed by atoms with Gasteiger partial charge in [0, 0.05) is 37.8 Å². The lowest BCUT2D eigenvalue weighted by atomic mass is 10.2. The van der Waals surface area contributed by atoms with Crippen LogP contribution >= 0.6 is 30.9 Å². The van der Waals surface area contributed by atoms with E-state index in [1.165, 1.54) is 0 Å². The molecule has 1 heterocycles. The molecule has 1 aliphatic heterocycles. The van der Waals surface area contributed by atoms with Gasteiger partial charge in [0.15, 0.2) is 0 Å². The Hall–Kier alpha value is -0.210. The first-order chi connectivity index (χ1) is 10.9. The Labute approximate surface area is 146 Å². The molecule has 0 bridgehead atoms. The smallest absolute Gasteiger partial charge is 0.343 e. The van der Waals surface area contributed by atoms with Crippen molar-refractivity contribution in [2.75, 3.05) is 44.5 Å². The maximum Gasteiger partial charge on any atom is 0.343 e. The Balaban J connectivity index is 0.000000468. The molecule has 23 heavy (non-hydrogen) atoms. The van der Waals surface area contributed by atoms with Crippen molar-refractivity contribution in [3.8, 4) is 0 Å². The van der Waals surface area contributed by atoms with Crippen molar-refractivity contribution in [3.63, 3.8) is 0 Å². The standard InChI is InChI=1S/C7H15Cl2N2O2P.C5H9NO3/c8-2-4-10-14(12)11(6-3-9)5-1-7-13-14;6-3-4(7)1-2-5(8)9/h1-7H2,(H,10,12);1-3,6H2,(H,8,9). The number of carboxylic acids is 1. The first-order valence-corrected chi connectivity index (χ1v) is 9.85. The van der Waals surface area contributed by atoms with Crippen LogP contribution in [0.1, 0.15) is 19.3 Å². The van der Waals surface area contributed by atoms with Crippen LogP contribution in [-0.2, 0) is 18.7 Å². The van der Waals surface area contributed by atoms with Gasteiger partial charge in [0.25, 0.3) is 0 Å². The maximum atomic E-state index is 12.2. The molecule has 0 saturated carbocycles. The first kappa shape index (κ1) is 22.8. The van der Waals surface area contributed by atoms with Gasteiger partial charge < -0.3 is 15.4 Å². The van der Waals surface area contributed by atoms with Crippen molar-refractivity contribution in [1.29, 1.82) is 0 Å². The number of carbonyl (C=O) groups is 2. The third kappa shape index (κ3) is 10.3. The van der Waals surface area contributed by atoms with Gasteiger partial charge in [-0.05, 0) is 6.42 Å². The highest BCUT2D eigenvalue weighted by atomic mass is 35.5. The molecule has 0 aromatic carbocycles. The molecule has 1 unspecified atom stereocenters. The average molecular weight is 392 g/mol. The molecule has 11 heteroatoms. The molecular weight excluding hydrogens is 368 g/mol. The van der Waals surface area contributed by atoms with Crippen LogP contribution in [0.4, 0.5) is 0 Å². The molecule has 1 atom stereocenters. The fraction of sp³-hybridized carbons (Fsp3) is 0.833.